The van der Waals surface area contributed by atoms with Gasteiger partial charge in [0.2, 0.25) is 0 Å². The third kappa shape index (κ3) is 5.13. The molecule has 1 fully saturated rings. The highest BCUT2D eigenvalue weighted by Crippen LogP contribution is 2.22. The van der Waals surface area contributed by atoms with Crippen molar-refractivity contribution in [1.29, 1.82) is 0 Å². The summed E-state index contributed by atoms with van der Waals surface area (Å²) in [4.78, 5) is 7.11. The van der Waals surface area contributed by atoms with Gasteiger partial charge in [0.05, 0.1) is 25.9 Å². The van der Waals surface area contributed by atoms with Gasteiger partial charge in [-0.15, -0.1) is 0 Å². The van der Waals surface area contributed by atoms with E-state index in [1.165, 1.54) is 0 Å². The van der Waals surface area contributed by atoms with Gasteiger partial charge in [-0.25, -0.2) is 4.99 Å². The Bertz CT molecular complexity index is 802. The van der Waals surface area contributed by atoms with Gasteiger partial charge in [-0.1, -0.05) is 30.9 Å². The highest BCUT2D eigenvalue weighted by atomic mass is 16.5. The average molecular weight is 383 g/mol. The van der Waals surface area contributed by atoms with E-state index < -0.39 is 0 Å². The van der Waals surface area contributed by atoms with Gasteiger partial charge in [-0.05, 0) is 13.0 Å². The minimum Gasteiger partial charge on any atom is -0.489 e. The van der Waals surface area contributed by atoms with Crippen molar-refractivity contribution in [2.75, 3.05) is 32.8 Å². The highest BCUT2D eigenvalue weighted by molar-refractivity contribution is 5.80. The van der Waals surface area contributed by atoms with Crippen molar-refractivity contribution in [3.8, 4) is 5.75 Å². The van der Waals surface area contributed by atoms with Crippen molar-refractivity contribution in [1.82, 2.24) is 20.0 Å². The molecule has 1 aliphatic rings. The summed E-state index contributed by atoms with van der Waals surface area (Å²) in [7, 11) is 1.92. The molecule has 0 saturated carbocycles. The Hall–Kier alpha value is -2.80. The van der Waals surface area contributed by atoms with Crippen molar-refractivity contribution in [2.45, 2.75) is 19.6 Å². The van der Waals surface area contributed by atoms with Crippen molar-refractivity contribution >= 4 is 5.96 Å². The minimum atomic E-state index is -0.00508. The molecular formula is C21H29N5O2. The molecule has 1 aliphatic heterocycles. The maximum absolute atomic E-state index is 5.95. The van der Waals surface area contributed by atoms with Crippen LogP contribution in [0, 0.1) is 0 Å². The van der Waals surface area contributed by atoms with Gasteiger partial charge in [-0.2, -0.15) is 5.10 Å². The van der Waals surface area contributed by atoms with E-state index in [2.05, 4.69) is 28.8 Å². The number of rotatable bonds is 7. The van der Waals surface area contributed by atoms with Crippen LogP contribution in [0.4, 0.5) is 0 Å². The standard InChI is InChI=1S/C21H29N5O2/c1-4-11-27-19-9-7-6-8-17(19)13-23-21(22-5-2)26-10-12-28-20(16-26)18-14-24-25(3)15-18/h4,6-9,14-15,20H,1,5,10-13,16H2,2-3H3,(H,22,23). The lowest BCUT2D eigenvalue weighted by Gasteiger charge is -2.34. The second-order valence-corrected chi connectivity index (χ2v) is 6.63. The summed E-state index contributed by atoms with van der Waals surface area (Å²) in [6.07, 6.45) is 5.61. The van der Waals surface area contributed by atoms with Crippen LogP contribution in [-0.4, -0.2) is 53.5 Å². The number of hydrogen-bond donors (Lipinski definition) is 1. The zero-order valence-electron chi connectivity index (χ0n) is 16.7. The smallest absolute Gasteiger partial charge is 0.194 e. The fourth-order valence-electron chi connectivity index (χ4n) is 3.16. The molecule has 1 N–H and O–H groups in total. The first-order chi connectivity index (χ1) is 13.7. The number of aliphatic imine (C=N–C) groups is 1. The summed E-state index contributed by atoms with van der Waals surface area (Å²) in [5.74, 6) is 1.73. The van der Waals surface area contributed by atoms with Crippen molar-refractivity contribution in [3.05, 3.63) is 60.4 Å². The van der Waals surface area contributed by atoms with Gasteiger partial charge in [-0.3, -0.25) is 4.68 Å². The van der Waals surface area contributed by atoms with E-state index in [9.17, 15) is 0 Å². The summed E-state index contributed by atoms with van der Waals surface area (Å²) in [6.45, 7) is 9.83. The predicted octanol–water partition coefficient (Wildman–Crippen LogP) is 2.52. The molecule has 28 heavy (non-hydrogen) atoms. The zero-order chi connectivity index (χ0) is 19.8. The summed E-state index contributed by atoms with van der Waals surface area (Å²) >= 11 is 0. The van der Waals surface area contributed by atoms with Crippen LogP contribution in [0.5, 0.6) is 5.75 Å². The monoisotopic (exact) mass is 383 g/mol. The molecule has 7 heteroatoms. The van der Waals surface area contributed by atoms with Gasteiger partial charge in [0.25, 0.3) is 0 Å². The number of aryl methyl sites for hydroxylation is 1. The van der Waals surface area contributed by atoms with Crippen LogP contribution in [0.1, 0.15) is 24.2 Å². The minimum absolute atomic E-state index is 0.00508. The fourth-order valence-corrected chi connectivity index (χ4v) is 3.16. The number of nitrogens with zero attached hydrogens (tertiary/aromatic N) is 4. The lowest BCUT2D eigenvalue weighted by Crippen LogP contribution is -2.48. The highest BCUT2D eigenvalue weighted by Gasteiger charge is 2.25. The first kappa shape index (κ1) is 19.9. The molecule has 1 saturated heterocycles. The quantitative estimate of drug-likeness (QED) is 0.452. The Labute approximate surface area is 166 Å². The molecule has 0 spiro atoms. The fraction of sp³-hybridized carbons (Fsp3) is 0.429. The summed E-state index contributed by atoms with van der Waals surface area (Å²) in [6, 6.07) is 7.99. The second-order valence-electron chi connectivity index (χ2n) is 6.63. The third-order valence-corrected chi connectivity index (χ3v) is 4.53. The van der Waals surface area contributed by atoms with Crippen LogP contribution in [0.3, 0.4) is 0 Å². The number of nitrogens with one attached hydrogen (secondary N) is 1. The maximum atomic E-state index is 5.95. The molecule has 7 nitrogen and oxygen atoms in total. The van der Waals surface area contributed by atoms with Crippen molar-refractivity contribution in [2.24, 2.45) is 12.0 Å². The molecule has 0 amide bonds. The predicted molar refractivity (Wildman–Crippen MR) is 110 cm³/mol. The lowest BCUT2D eigenvalue weighted by atomic mass is 10.1. The normalized spacial score (nSPS) is 17.4. The second kappa shape index (κ2) is 9.94. The van der Waals surface area contributed by atoms with E-state index in [1.54, 1.807) is 10.8 Å². The largest absolute Gasteiger partial charge is 0.489 e. The van der Waals surface area contributed by atoms with E-state index >= 15 is 0 Å². The SMILES string of the molecule is C=CCOc1ccccc1CN=C(NCC)N1CCOC(c2cnn(C)c2)C1. The molecule has 1 unspecified atom stereocenters. The molecule has 2 aromatic rings. The number of hydrogen-bond acceptors (Lipinski definition) is 4. The number of morpholine rings is 1. The van der Waals surface area contributed by atoms with Gasteiger partial charge in [0.15, 0.2) is 5.96 Å². The number of guanidine groups is 1. The summed E-state index contributed by atoms with van der Waals surface area (Å²) in [5.41, 5.74) is 2.14. The molecule has 2 heterocycles. The van der Waals surface area contributed by atoms with Crippen molar-refractivity contribution < 1.29 is 9.47 Å². The maximum Gasteiger partial charge on any atom is 0.194 e. The van der Waals surface area contributed by atoms with Crippen LogP contribution in [-0.2, 0) is 18.3 Å². The molecule has 0 aliphatic carbocycles. The first-order valence-corrected chi connectivity index (χ1v) is 9.66. The van der Waals surface area contributed by atoms with E-state index in [1.807, 2.05) is 43.7 Å². The van der Waals surface area contributed by atoms with Crippen LogP contribution < -0.4 is 10.1 Å². The molecule has 150 valence electrons. The van der Waals surface area contributed by atoms with E-state index in [-0.39, 0.29) is 6.10 Å². The number of aromatic nitrogens is 2. The summed E-state index contributed by atoms with van der Waals surface area (Å²) < 4.78 is 13.5. The molecule has 0 bridgehead atoms. The summed E-state index contributed by atoms with van der Waals surface area (Å²) in [5, 5.41) is 7.66. The average Bonchev–Trinajstić information content (AvgIpc) is 3.16. The first-order valence-electron chi connectivity index (χ1n) is 9.66. The topological polar surface area (TPSA) is 63.9 Å². The van der Waals surface area contributed by atoms with Gasteiger partial charge >= 0.3 is 0 Å². The Kier molecular flexibility index (Phi) is 7.08. The Morgan fingerprint density at radius 2 is 2.32 bits per heavy atom. The molecule has 1 aromatic heterocycles. The lowest BCUT2D eigenvalue weighted by molar-refractivity contribution is -0.00805. The number of ether oxygens (including phenoxy) is 2. The molecule has 1 atom stereocenters. The molecular weight excluding hydrogens is 354 g/mol. The van der Waals surface area contributed by atoms with Crippen molar-refractivity contribution in [3.63, 3.8) is 0 Å². The van der Waals surface area contributed by atoms with Crippen LogP contribution in [0.25, 0.3) is 0 Å². The molecule has 0 radical (unpaired) electrons. The Morgan fingerprint density at radius 3 is 3.07 bits per heavy atom. The zero-order valence-corrected chi connectivity index (χ0v) is 16.7. The van der Waals surface area contributed by atoms with Gasteiger partial charge in [0, 0.05) is 37.5 Å². The van der Waals surface area contributed by atoms with Crippen LogP contribution >= 0.6 is 0 Å². The van der Waals surface area contributed by atoms with Crippen LogP contribution in [0.2, 0.25) is 0 Å². The van der Waals surface area contributed by atoms with Crippen LogP contribution in [0.15, 0.2) is 54.3 Å². The van der Waals surface area contributed by atoms with E-state index in [0.29, 0.717) is 19.8 Å². The van der Waals surface area contributed by atoms with E-state index in [0.717, 1.165) is 42.5 Å². The Balaban J connectivity index is 1.72. The molecule has 3 rings (SSSR count). The molecule has 1 aromatic carbocycles. The van der Waals surface area contributed by atoms with Gasteiger partial charge in [0.1, 0.15) is 18.5 Å². The van der Waals surface area contributed by atoms with E-state index in [4.69, 9.17) is 14.5 Å². The third-order valence-electron chi connectivity index (χ3n) is 4.53. The number of para-hydroxylation sites is 1. The Morgan fingerprint density at radius 1 is 1.46 bits per heavy atom. The number of benzene rings is 1. The van der Waals surface area contributed by atoms with Gasteiger partial charge < -0.3 is 19.7 Å².